The smallest absolute Gasteiger partial charge is 0.278 e. The molecule has 0 bridgehead atoms. The van der Waals surface area contributed by atoms with Crippen molar-refractivity contribution in [3.63, 3.8) is 0 Å². The Kier molecular flexibility index (Phi) is 5.61. The number of anilines is 1. The number of nitrogens with one attached hydrogen (secondary N) is 1. The molecule has 2 amide bonds. The fourth-order valence-electron chi connectivity index (χ4n) is 3.25. The second-order valence-corrected chi connectivity index (χ2v) is 8.24. The van der Waals surface area contributed by atoms with Crippen LogP contribution in [0.2, 0.25) is 5.02 Å². The van der Waals surface area contributed by atoms with E-state index in [0.717, 1.165) is 16.0 Å². The lowest BCUT2D eigenvalue weighted by molar-refractivity contribution is -0.137. The number of carbonyl (C=O) groups excluding carboxylic acids is 2. The van der Waals surface area contributed by atoms with E-state index in [1.54, 1.807) is 18.2 Å². The van der Waals surface area contributed by atoms with Gasteiger partial charge in [0, 0.05) is 10.6 Å². The molecule has 7 heteroatoms. The number of rotatable bonds is 6. The maximum atomic E-state index is 13.2. The van der Waals surface area contributed by atoms with Crippen LogP contribution in [0.5, 0.6) is 5.75 Å². The van der Waals surface area contributed by atoms with Gasteiger partial charge in [0.05, 0.1) is 24.3 Å². The summed E-state index contributed by atoms with van der Waals surface area (Å²) in [5, 5.41) is 5.40. The summed E-state index contributed by atoms with van der Waals surface area (Å²) in [5.74, 6) is -0.148. The van der Waals surface area contributed by atoms with Gasteiger partial charge >= 0.3 is 0 Å². The fourth-order valence-corrected chi connectivity index (χ4v) is 4.28. The molecule has 152 valence electrons. The molecule has 1 N–H and O–H groups in total. The predicted molar refractivity (Wildman–Crippen MR) is 120 cm³/mol. The van der Waals surface area contributed by atoms with Crippen molar-refractivity contribution in [1.29, 1.82) is 0 Å². The van der Waals surface area contributed by atoms with Crippen molar-refractivity contribution in [2.75, 3.05) is 12.4 Å². The summed E-state index contributed by atoms with van der Waals surface area (Å²) < 4.78 is 5.18. The van der Waals surface area contributed by atoms with Crippen LogP contribution in [0.15, 0.2) is 65.7 Å². The molecule has 1 aliphatic rings. The number of nitrogens with zero attached hydrogens (tertiary/aromatic N) is 1. The van der Waals surface area contributed by atoms with E-state index >= 15 is 0 Å². The standard InChI is InChI=1S/C23H19ClN2O3S/c1-14-5-7-15(8-6-14)13-26-22(27)20(19-4-3-11-30-19)21(23(26)28)25-16-9-10-18(29-2)17(24)12-16/h3-12,25H,13H2,1-2H3. The van der Waals surface area contributed by atoms with Gasteiger partial charge in [-0.2, -0.15) is 0 Å². The molecule has 1 aliphatic heterocycles. The van der Waals surface area contributed by atoms with Crippen LogP contribution >= 0.6 is 22.9 Å². The molecule has 0 saturated carbocycles. The highest BCUT2D eigenvalue weighted by atomic mass is 35.5. The van der Waals surface area contributed by atoms with E-state index in [4.69, 9.17) is 16.3 Å². The number of carbonyl (C=O) groups is 2. The van der Waals surface area contributed by atoms with Crippen LogP contribution < -0.4 is 10.1 Å². The van der Waals surface area contributed by atoms with Crippen LogP contribution in [-0.4, -0.2) is 23.8 Å². The number of methoxy groups -OCH3 is 1. The maximum Gasteiger partial charge on any atom is 0.278 e. The van der Waals surface area contributed by atoms with Gasteiger partial charge < -0.3 is 10.1 Å². The van der Waals surface area contributed by atoms with E-state index in [0.29, 0.717) is 22.0 Å². The highest BCUT2D eigenvalue weighted by molar-refractivity contribution is 7.11. The highest BCUT2D eigenvalue weighted by Gasteiger charge is 2.39. The molecule has 0 saturated heterocycles. The number of benzene rings is 2. The average molecular weight is 439 g/mol. The van der Waals surface area contributed by atoms with Gasteiger partial charge in [0.1, 0.15) is 11.4 Å². The molecular weight excluding hydrogens is 420 g/mol. The molecule has 5 nitrogen and oxygen atoms in total. The molecule has 0 fully saturated rings. The van der Waals surface area contributed by atoms with E-state index in [2.05, 4.69) is 5.32 Å². The lowest BCUT2D eigenvalue weighted by Crippen LogP contribution is -2.31. The summed E-state index contributed by atoms with van der Waals surface area (Å²) in [6.07, 6.45) is 0. The molecule has 2 aromatic carbocycles. The normalized spacial score (nSPS) is 13.9. The van der Waals surface area contributed by atoms with Crippen LogP contribution in [0.4, 0.5) is 5.69 Å². The summed E-state index contributed by atoms with van der Waals surface area (Å²) in [5.41, 5.74) is 3.23. The maximum absolute atomic E-state index is 13.2. The fraction of sp³-hybridized carbons (Fsp3) is 0.130. The number of halogens is 1. The van der Waals surface area contributed by atoms with Gasteiger partial charge in [-0.3, -0.25) is 14.5 Å². The lowest BCUT2D eigenvalue weighted by Gasteiger charge is -2.15. The Morgan fingerprint density at radius 3 is 2.47 bits per heavy atom. The molecule has 0 unspecified atom stereocenters. The number of hydrogen-bond donors (Lipinski definition) is 1. The minimum absolute atomic E-state index is 0.210. The summed E-state index contributed by atoms with van der Waals surface area (Å²) in [6.45, 7) is 2.20. The molecule has 1 aromatic heterocycles. The Bertz CT molecular complexity index is 1140. The van der Waals surface area contributed by atoms with E-state index in [9.17, 15) is 9.59 Å². The molecule has 0 radical (unpaired) electrons. The second kappa shape index (κ2) is 8.34. The zero-order valence-corrected chi connectivity index (χ0v) is 18.0. The molecular formula is C23H19ClN2O3S. The second-order valence-electron chi connectivity index (χ2n) is 6.88. The molecule has 0 atom stereocenters. The first-order valence-corrected chi connectivity index (χ1v) is 10.5. The first kappa shape index (κ1) is 20.2. The Morgan fingerprint density at radius 1 is 1.07 bits per heavy atom. The van der Waals surface area contributed by atoms with Crippen molar-refractivity contribution in [3.8, 4) is 5.75 Å². The third-order valence-electron chi connectivity index (χ3n) is 4.82. The Hall–Kier alpha value is -3.09. The Labute approximate surface area is 183 Å². The minimum Gasteiger partial charge on any atom is -0.495 e. The van der Waals surface area contributed by atoms with Crippen LogP contribution in [0, 0.1) is 6.92 Å². The topological polar surface area (TPSA) is 58.6 Å². The van der Waals surface area contributed by atoms with Crippen LogP contribution in [0.3, 0.4) is 0 Å². The summed E-state index contributed by atoms with van der Waals surface area (Å²) >= 11 is 7.64. The van der Waals surface area contributed by atoms with Gasteiger partial charge in [0.25, 0.3) is 11.8 Å². The number of aryl methyl sites for hydroxylation is 1. The van der Waals surface area contributed by atoms with Gasteiger partial charge in [0.2, 0.25) is 0 Å². The van der Waals surface area contributed by atoms with E-state index < -0.39 is 0 Å². The summed E-state index contributed by atoms with van der Waals surface area (Å²) in [6, 6.07) is 16.6. The molecule has 4 rings (SSSR count). The Balaban J connectivity index is 1.69. The molecule has 0 aliphatic carbocycles. The quantitative estimate of drug-likeness (QED) is 0.543. The van der Waals surface area contributed by atoms with Crippen molar-refractivity contribution >= 4 is 46.0 Å². The van der Waals surface area contributed by atoms with Gasteiger partial charge in [-0.15, -0.1) is 11.3 Å². The largest absolute Gasteiger partial charge is 0.495 e. The van der Waals surface area contributed by atoms with Gasteiger partial charge in [-0.25, -0.2) is 0 Å². The molecule has 30 heavy (non-hydrogen) atoms. The zero-order valence-electron chi connectivity index (χ0n) is 16.4. The number of amides is 2. The van der Waals surface area contributed by atoms with Gasteiger partial charge in [-0.1, -0.05) is 47.5 Å². The number of ether oxygens (including phenoxy) is 1. The summed E-state index contributed by atoms with van der Waals surface area (Å²) in [7, 11) is 1.54. The first-order valence-electron chi connectivity index (χ1n) is 9.28. The first-order chi connectivity index (χ1) is 14.5. The number of imide groups is 1. The molecule has 3 aromatic rings. The van der Waals surface area contributed by atoms with Crippen molar-refractivity contribution in [1.82, 2.24) is 4.90 Å². The SMILES string of the molecule is COc1ccc(NC2=C(c3cccs3)C(=O)N(Cc3ccc(C)cc3)C2=O)cc1Cl. The van der Waals surface area contributed by atoms with Gasteiger partial charge in [-0.05, 0) is 42.1 Å². The zero-order chi connectivity index (χ0) is 21.3. The van der Waals surface area contributed by atoms with Gasteiger partial charge in [0.15, 0.2) is 0 Å². The van der Waals surface area contributed by atoms with Crippen molar-refractivity contribution < 1.29 is 14.3 Å². The predicted octanol–water partition coefficient (Wildman–Crippen LogP) is 5.11. The summed E-state index contributed by atoms with van der Waals surface area (Å²) in [4.78, 5) is 28.5. The Morgan fingerprint density at radius 2 is 1.83 bits per heavy atom. The lowest BCUT2D eigenvalue weighted by atomic mass is 10.1. The third-order valence-corrected chi connectivity index (χ3v) is 6.00. The number of hydrogen-bond acceptors (Lipinski definition) is 5. The van der Waals surface area contributed by atoms with Crippen molar-refractivity contribution in [2.45, 2.75) is 13.5 Å². The highest BCUT2D eigenvalue weighted by Crippen LogP contribution is 2.35. The minimum atomic E-state index is -0.365. The molecule has 2 heterocycles. The molecule has 0 spiro atoms. The number of thiophene rings is 1. The van der Waals surface area contributed by atoms with Crippen LogP contribution in [0.25, 0.3) is 5.57 Å². The van der Waals surface area contributed by atoms with E-state index in [1.165, 1.54) is 23.3 Å². The van der Waals surface area contributed by atoms with Crippen molar-refractivity contribution in [2.24, 2.45) is 0 Å². The van der Waals surface area contributed by atoms with Crippen LogP contribution in [-0.2, 0) is 16.1 Å². The average Bonchev–Trinajstić information content (AvgIpc) is 3.33. The monoisotopic (exact) mass is 438 g/mol. The van der Waals surface area contributed by atoms with E-state index in [1.807, 2.05) is 48.7 Å². The van der Waals surface area contributed by atoms with Crippen molar-refractivity contribution in [3.05, 3.63) is 86.7 Å². The van der Waals surface area contributed by atoms with Crippen LogP contribution in [0.1, 0.15) is 16.0 Å². The van der Waals surface area contributed by atoms with E-state index in [-0.39, 0.29) is 24.1 Å². The third kappa shape index (κ3) is 3.84.